The molecule has 11 heteroatoms. The van der Waals surface area contributed by atoms with Gasteiger partial charge < -0.3 is 33.7 Å². The van der Waals surface area contributed by atoms with Crippen molar-refractivity contribution in [2.45, 2.75) is 77.5 Å². The van der Waals surface area contributed by atoms with Crippen molar-refractivity contribution in [2.24, 2.45) is 0 Å². The number of hydrogen-bond donors (Lipinski definition) is 2. The summed E-state index contributed by atoms with van der Waals surface area (Å²) in [6, 6.07) is 2.90. The van der Waals surface area contributed by atoms with Crippen LogP contribution in [-0.4, -0.2) is 86.6 Å². The maximum atomic E-state index is 13.6. The van der Waals surface area contributed by atoms with Crippen molar-refractivity contribution in [1.82, 2.24) is 10.4 Å². The number of aliphatic hydroxyl groups excluding tert-OH is 1. The van der Waals surface area contributed by atoms with Gasteiger partial charge >= 0.3 is 5.97 Å². The molecule has 0 spiro atoms. The van der Waals surface area contributed by atoms with Crippen LogP contribution in [-0.2, 0) is 30.3 Å². The number of fused-ring (bicyclic) bond motifs is 1. The number of likely N-dealkylation sites (tertiary alicyclic amines) is 1. The van der Waals surface area contributed by atoms with Gasteiger partial charge in [-0.1, -0.05) is 24.3 Å². The SMILES string of the molecule is CCOCOc1cc2c(c(OCOCC)c1)C(=O)O[C@H](C)CC=C[C@@H](O)CC=CC(NOCC(=O)N1CCCCC1)C2. The zero-order chi connectivity index (χ0) is 30.2. The van der Waals surface area contributed by atoms with E-state index >= 15 is 0 Å². The van der Waals surface area contributed by atoms with E-state index < -0.39 is 24.2 Å². The van der Waals surface area contributed by atoms with Crippen LogP contribution in [0.3, 0.4) is 0 Å². The minimum Gasteiger partial charge on any atom is -0.467 e. The molecule has 1 aromatic rings. The second-order valence-electron chi connectivity index (χ2n) is 10.2. The molecular weight excluding hydrogens is 544 g/mol. The number of aliphatic hydroxyl groups is 1. The predicted octanol–water partition coefficient (Wildman–Crippen LogP) is 3.69. The molecule has 2 N–H and O–H groups in total. The summed E-state index contributed by atoms with van der Waals surface area (Å²) in [7, 11) is 0. The van der Waals surface area contributed by atoms with Crippen LogP contribution >= 0.6 is 0 Å². The average Bonchev–Trinajstić information content (AvgIpc) is 2.97. The zero-order valence-electron chi connectivity index (χ0n) is 25.0. The number of rotatable bonds is 12. The third-order valence-corrected chi connectivity index (χ3v) is 6.84. The van der Waals surface area contributed by atoms with Crippen molar-refractivity contribution in [2.75, 3.05) is 46.5 Å². The van der Waals surface area contributed by atoms with Gasteiger partial charge in [-0.3, -0.25) is 9.63 Å². The molecule has 1 fully saturated rings. The van der Waals surface area contributed by atoms with Gasteiger partial charge in [-0.05, 0) is 64.5 Å². The van der Waals surface area contributed by atoms with E-state index in [4.69, 9.17) is 28.5 Å². The summed E-state index contributed by atoms with van der Waals surface area (Å²) in [5.74, 6) is 0.0590. The maximum Gasteiger partial charge on any atom is 0.342 e. The van der Waals surface area contributed by atoms with Gasteiger partial charge in [0.15, 0.2) is 13.6 Å². The largest absolute Gasteiger partial charge is 0.467 e. The lowest BCUT2D eigenvalue weighted by atomic mass is 9.98. The normalized spacial score (nSPS) is 21.8. The molecule has 1 saturated heterocycles. The Morgan fingerprint density at radius 3 is 2.48 bits per heavy atom. The summed E-state index contributed by atoms with van der Waals surface area (Å²) in [5, 5.41) is 10.4. The first-order chi connectivity index (χ1) is 20.4. The molecule has 0 radical (unpaired) electrons. The molecule has 11 nitrogen and oxygen atoms in total. The van der Waals surface area contributed by atoms with Crippen LogP contribution in [0.1, 0.15) is 68.8 Å². The Morgan fingerprint density at radius 1 is 1.02 bits per heavy atom. The standard InChI is InChI=1S/C31H46N2O9/c1-4-37-21-39-27-18-24-17-25(32-41-20-29(35)33-15-7-6-8-16-33)12-10-14-26(34)13-9-11-23(3)42-31(36)30(24)28(19-27)40-22-38-5-2/h9-10,12-13,18-19,23,25-26,32,34H,4-8,11,14-17,20-22H2,1-3H3/t23-,25?,26-/m1/s1. The van der Waals surface area contributed by atoms with Crippen LogP contribution in [0.4, 0.5) is 0 Å². The number of hydrogen-bond acceptors (Lipinski definition) is 10. The number of nitrogens with one attached hydrogen (secondary N) is 1. The van der Waals surface area contributed by atoms with E-state index in [1.807, 2.05) is 30.9 Å². The molecule has 0 aromatic heterocycles. The summed E-state index contributed by atoms with van der Waals surface area (Å²) in [6.07, 6.45) is 10.2. The van der Waals surface area contributed by atoms with Crippen LogP contribution in [0.15, 0.2) is 36.4 Å². The van der Waals surface area contributed by atoms with Crippen LogP contribution < -0.4 is 15.0 Å². The van der Waals surface area contributed by atoms with Crippen LogP contribution in [0.5, 0.6) is 11.5 Å². The van der Waals surface area contributed by atoms with Gasteiger partial charge in [0, 0.05) is 38.8 Å². The molecule has 2 aliphatic heterocycles. The highest BCUT2D eigenvalue weighted by molar-refractivity contribution is 5.94. The Bertz CT molecular complexity index is 1040. The van der Waals surface area contributed by atoms with Crippen molar-refractivity contribution >= 4 is 11.9 Å². The lowest BCUT2D eigenvalue weighted by Crippen LogP contribution is -2.40. The third kappa shape index (κ3) is 11.4. The molecule has 1 amide bonds. The summed E-state index contributed by atoms with van der Waals surface area (Å²) >= 11 is 0. The second-order valence-corrected chi connectivity index (χ2v) is 10.2. The van der Waals surface area contributed by atoms with Gasteiger partial charge in [0.1, 0.15) is 29.8 Å². The number of esters is 1. The first-order valence-corrected chi connectivity index (χ1v) is 14.9. The Labute approximate surface area is 248 Å². The number of carbonyl (C=O) groups is 2. The Morgan fingerprint density at radius 2 is 1.74 bits per heavy atom. The number of benzene rings is 1. The first kappa shape index (κ1) is 33.5. The molecule has 2 heterocycles. The Kier molecular flexibility index (Phi) is 14.8. The van der Waals surface area contributed by atoms with E-state index in [0.717, 1.165) is 32.4 Å². The van der Waals surface area contributed by atoms with Crippen molar-refractivity contribution < 1.29 is 43.2 Å². The van der Waals surface area contributed by atoms with Crippen LogP contribution in [0.2, 0.25) is 0 Å². The number of amides is 1. The van der Waals surface area contributed by atoms with Crippen LogP contribution in [0.25, 0.3) is 0 Å². The number of piperidine rings is 1. The number of ether oxygens (including phenoxy) is 5. The molecular formula is C31H46N2O9. The summed E-state index contributed by atoms with van der Waals surface area (Å²) in [5.41, 5.74) is 3.80. The maximum absolute atomic E-state index is 13.6. The summed E-state index contributed by atoms with van der Waals surface area (Å²) < 4.78 is 28.2. The van der Waals surface area contributed by atoms with Crippen molar-refractivity contribution in [3.8, 4) is 11.5 Å². The van der Waals surface area contributed by atoms with Crippen molar-refractivity contribution in [1.29, 1.82) is 0 Å². The van der Waals surface area contributed by atoms with E-state index in [-0.39, 0.29) is 43.8 Å². The second kappa shape index (κ2) is 18.6. The Hall–Kier alpha value is -2.96. The van der Waals surface area contributed by atoms with Gasteiger partial charge in [0.2, 0.25) is 0 Å². The minimum atomic E-state index is -0.696. The third-order valence-electron chi connectivity index (χ3n) is 6.84. The molecule has 0 aliphatic carbocycles. The van der Waals surface area contributed by atoms with Gasteiger partial charge in [-0.15, -0.1) is 0 Å². The molecule has 1 aromatic carbocycles. The number of nitrogens with zero attached hydrogens (tertiary/aromatic N) is 1. The smallest absolute Gasteiger partial charge is 0.342 e. The van der Waals surface area contributed by atoms with E-state index in [1.54, 1.807) is 31.2 Å². The fourth-order valence-electron chi connectivity index (χ4n) is 4.63. The fraction of sp³-hybridized carbons (Fsp3) is 0.613. The van der Waals surface area contributed by atoms with Gasteiger partial charge in [-0.25, -0.2) is 4.79 Å². The molecule has 42 heavy (non-hydrogen) atoms. The molecule has 2 aliphatic rings. The number of hydroxylamine groups is 1. The monoisotopic (exact) mass is 590 g/mol. The summed E-state index contributed by atoms with van der Waals surface area (Å²) in [6.45, 7) is 7.73. The van der Waals surface area contributed by atoms with Gasteiger partial charge in [0.25, 0.3) is 5.91 Å². The predicted molar refractivity (Wildman–Crippen MR) is 156 cm³/mol. The molecule has 0 saturated carbocycles. The Balaban J connectivity index is 1.92. The lowest BCUT2D eigenvalue weighted by Gasteiger charge is -2.27. The topological polar surface area (TPSA) is 125 Å². The summed E-state index contributed by atoms with van der Waals surface area (Å²) in [4.78, 5) is 33.7. The fourth-order valence-corrected chi connectivity index (χ4v) is 4.63. The van der Waals surface area contributed by atoms with Crippen molar-refractivity contribution in [3.05, 3.63) is 47.6 Å². The minimum absolute atomic E-state index is 0.0230. The lowest BCUT2D eigenvalue weighted by molar-refractivity contribution is -0.140. The quantitative estimate of drug-likeness (QED) is 0.122. The molecule has 1 unspecified atom stereocenters. The van der Waals surface area contributed by atoms with E-state index in [0.29, 0.717) is 37.4 Å². The molecule has 0 bridgehead atoms. The first-order valence-electron chi connectivity index (χ1n) is 14.9. The van der Waals surface area contributed by atoms with Gasteiger partial charge in [-0.2, -0.15) is 5.48 Å². The van der Waals surface area contributed by atoms with E-state index in [1.165, 1.54) is 0 Å². The van der Waals surface area contributed by atoms with E-state index in [9.17, 15) is 14.7 Å². The highest BCUT2D eigenvalue weighted by atomic mass is 16.7. The van der Waals surface area contributed by atoms with Gasteiger partial charge in [0.05, 0.1) is 12.1 Å². The molecule has 3 rings (SSSR count). The highest BCUT2D eigenvalue weighted by Crippen LogP contribution is 2.32. The van der Waals surface area contributed by atoms with E-state index in [2.05, 4.69) is 5.48 Å². The zero-order valence-corrected chi connectivity index (χ0v) is 25.0. The molecule has 234 valence electrons. The number of carbonyl (C=O) groups excluding carboxylic acids is 2. The van der Waals surface area contributed by atoms with Crippen molar-refractivity contribution in [3.63, 3.8) is 0 Å². The number of cyclic esters (lactones) is 1. The molecule has 3 atom stereocenters. The highest BCUT2D eigenvalue weighted by Gasteiger charge is 2.25. The van der Waals surface area contributed by atoms with Crippen LogP contribution in [0, 0.1) is 0 Å². The average molecular weight is 591 g/mol.